The third kappa shape index (κ3) is 2.75. The van der Waals surface area contributed by atoms with Gasteiger partial charge in [0.05, 0.1) is 0 Å². The highest BCUT2D eigenvalue weighted by molar-refractivity contribution is 5.76. The summed E-state index contributed by atoms with van der Waals surface area (Å²) in [5.74, 6) is 0.572. The predicted octanol–water partition coefficient (Wildman–Crippen LogP) is 1.95. The van der Waals surface area contributed by atoms with Crippen molar-refractivity contribution >= 4 is 5.91 Å². The van der Waals surface area contributed by atoms with Crippen LogP contribution < -0.4 is 0 Å². The van der Waals surface area contributed by atoms with Gasteiger partial charge in [-0.15, -0.1) is 0 Å². The van der Waals surface area contributed by atoms with Crippen molar-refractivity contribution in [2.75, 3.05) is 13.1 Å². The molecule has 1 saturated heterocycles. The Labute approximate surface area is 95.7 Å². The smallest absolute Gasteiger partial charge is 0.222 e. The molecule has 1 heterocycles. The third-order valence-electron chi connectivity index (χ3n) is 3.03. The summed E-state index contributed by atoms with van der Waals surface area (Å²) < 4.78 is 0. The number of hydrogen-bond donors (Lipinski definition) is 1. The Balaban J connectivity index is 1.86. The fourth-order valence-corrected chi connectivity index (χ4v) is 2.02. The Hall–Kier alpha value is -1.51. The summed E-state index contributed by atoms with van der Waals surface area (Å²) in [5, 5.41) is 9.15. The molecule has 0 radical (unpaired) electrons. The van der Waals surface area contributed by atoms with Crippen LogP contribution in [-0.2, 0) is 11.2 Å². The van der Waals surface area contributed by atoms with Gasteiger partial charge in [0.25, 0.3) is 0 Å². The second-order valence-electron chi connectivity index (χ2n) is 4.25. The molecule has 1 aliphatic heterocycles. The Morgan fingerprint density at radius 1 is 1.19 bits per heavy atom. The van der Waals surface area contributed by atoms with Crippen LogP contribution in [0.5, 0.6) is 5.75 Å². The van der Waals surface area contributed by atoms with E-state index in [1.54, 1.807) is 12.1 Å². The first kappa shape index (κ1) is 11.0. The van der Waals surface area contributed by atoms with Crippen molar-refractivity contribution in [1.82, 2.24) is 4.90 Å². The molecule has 1 aliphatic rings. The minimum Gasteiger partial charge on any atom is -0.508 e. The van der Waals surface area contributed by atoms with Gasteiger partial charge in [-0.1, -0.05) is 12.1 Å². The Kier molecular flexibility index (Phi) is 3.44. The second kappa shape index (κ2) is 5.01. The van der Waals surface area contributed by atoms with Crippen LogP contribution in [0, 0.1) is 0 Å². The molecule has 0 bridgehead atoms. The van der Waals surface area contributed by atoms with Crippen molar-refractivity contribution in [3.8, 4) is 5.75 Å². The lowest BCUT2D eigenvalue weighted by Crippen LogP contribution is -2.36. The van der Waals surface area contributed by atoms with Crippen LogP contribution in [0.4, 0.5) is 0 Å². The highest BCUT2D eigenvalue weighted by Gasteiger charge is 2.17. The monoisotopic (exact) mass is 219 g/mol. The number of carbonyl (C=O) groups is 1. The van der Waals surface area contributed by atoms with Gasteiger partial charge in [-0.05, 0) is 37.0 Å². The Morgan fingerprint density at radius 2 is 1.94 bits per heavy atom. The van der Waals surface area contributed by atoms with Gasteiger partial charge in [0.15, 0.2) is 0 Å². The summed E-state index contributed by atoms with van der Waals surface area (Å²) >= 11 is 0. The molecule has 3 nitrogen and oxygen atoms in total. The number of likely N-dealkylation sites (tertiary alicyclic amines) is 1. The van der Waals surface area contributed by atoms with E-state index < -0.39 is 0 Å². The zero-order valence-corrected chi connectivity index (χ0v) is 9.35. The van der Waals surface area contributed by atoms with Crippen molar-refractivity contribution in [3.63, 3.8) is 0 Å². The van der Waals surface area contributed by atoms with Crippen LogP contribution >= 0.6 is 0 Å². The number of aromatic hydroxyl groups is 1. The normalized spacial score (nSPS) is 16.5. The molecular weight excluding hydrogens is 202 g/mol. The minimum absolute atomic E-state index is 0.282. The largest absolute Gasteiger partial charge is 0.508 e. The van der Waals surface area contributed by atoms with E-state index >= 15 is 0 Å². The maximum Gasteiger partial charge on any atom is 0.222 e. The van der Waals surface area contributed by atoms with Crippen molar-refractivity contribution in [1.29, 1.82) is 0 Å². The van der Waals surface area contributed by atoms with E-state index in [1.165, 1.54) is 0 Å². The molecule has 0 atom stereocenters. The summed E-state index contributed by atoms with van der Waals surface area (Å²) in [7, 11) is 0. The molecule has 0 spiro atoms. The molecule has 1 fully saturated rings. The highest BCUT2D eigenvalue weighted by Crippen LogP contribution is 2.13. The average molecular weight is 219 g/mol. The summed E-state index contributed by atoms with van der Waals surface area (Å²) in [6, 6.07) is 7.19. The van der Waals surface area contributed by atoms with Gasteiger partial charge in [-0.2, -0.15) is 0 Å². The predicted molar refractivity (Wildman–Crippen MR) is 62.2 cm³/mol. The van der Waals surface area contributed by atoms with E-state index in [-0.39, 0.29) is 11.7 Å². The lowest BCUT2D eigenvalue weighted by atomic mass is 10.1. The van der Waals surface area contributed by atoms with Crippen molar-refractivity contribution in [2.24, 2.45) is 0 Å². The standard InChI is InChI=1S/C13H17NO2/c15-12-6-4-11(5-7-12)8-10-14-9-2-1-3-13(14)16/h4-7,15H,1-3,8-10H2. The number of amides is 1. The number of phenols is 1. The minimum atomic E-state index is 0.282. The van der Waals surface area contributed by atoms with Crippen molar-refractivity contribution < 1.29 is 9.90 Å². The van der Waals surface area contributed by atoms with Crippen LogP contribution in [0.15, 0.2) is 24.3 Å². The average Bonchev–Trinajstić information content (AvgIpc) is 2.30. The van der Waals surface area contributed by atoms with Gasteiger partial charge < -0.3 is 10.0 Å². The molecule has 16 heavy (non-hydrogen) atoms. The van der Waals surface area contributed by atoms with Crippen LogP contribution in [0.1, 0.15) is 24.8 Å². The number of benzene rings is 1. The number of piperidine rings is 1. The summed E-state index contributed by atoms with van der Waals surface area (Å²) in [6.45, 7) is 1.69. The molecule has 1 aromatic rings. The molecule has 0 unspecified atom stereocenters. The number of rotatable bonds is 3. The van der Waals surface area contributed by atoms with Crippen LogP contribution in [-0.4, -0.2) is 29.0 Å². The molecule has 3 heteroatoms. The van der Waals surface area contributed by atoms with Gasteiger partial charge in [0.2, 0.25) is 5.91 Å². The first-order valence-electron chi connectivity index (χ1n) is 5.81. The lowest BCUT2D eigenvalue weighted by molar-refractivity contribution is -0.133. The van der Waals surface area contributed by atoms with Crippen molar-refractivity contribution in [3.05, 3.63) is 29.8 Å². The van der Waals surface area contributed by atoms with Gasteiger partial charge in [-0.3, -0.25) is 4.79 Å². The Bertz CT molecular complexity index is 359. The number of carbonyl (C=O) groups excluding carboxylic acids is 1. The van der Waals surface area contributed by atoms with Crippen molar-refractivity contribution in [2.45, 2.75) is 25.7 Å². The lowest BCUT2D eigenvalue weighted by Gasteiger charge is -2.26. The first-order valence-corrected chi connectivity index (χ1v) is 5.81. The van der Waals surface area contributed by atoms with Gasteiger partial charge in [-0.25, -0.2) is 0 Å². The molecule has 1 N–H and O–H groups in total. The van der Waals surface area contributed by atoms with Gasteiger partial charge in [0.1, 0.15) is 5.75 Å². The molecule has 86 valence electrons. The SMILES string of the molecule is O=C1CCCCN1CCc1ccc(O)cc1. The van der Waals surface area contributed by atoms with Crippen LogP contribution in [0.2, 0.25) is 0 Å². The van der Waals surface area contributed by atoms with E-state index in [0.29, 0.717) is 6.42 Å². The molecule has 0 saturated carbocycles. The Morgan fingerprint density at radius 3 is 2.62 bits per heavy atom. The zero-order valence-electron chi connectivity index (χ0n) is 9.35. The van der Waals surface area contributed by atoms with E-state index in [2.05, 4.69) is 0 Å². The van der Waals surface area contributed by atoms with E-state index in [1.807, 2.05) is 17.0 Å². The molecule has 2 rings (SSSR count). The number of phenolic OH excluding ortho intramolecular Hbond substituents is 1. The fraction of sp³-hybridized carbons (Fsp3) is 0.462. The molecular formula is C13H17NO2. The third-order valence-corrected chi connectivity index (χ3v) is 3.03. The molecule has 1 aromatic carbocycles. The molecule has 1 amide bonds. The maximum atomic E-state index is 11.6. The maximum absolute atomic E-state index is 11.6. The van der Waals surface area contributed by atoms with E-state index in [9.17, 15) is 4.79 Å². The number of hydrogen-bond acceptors (Lipinski definition) is 2. The molecule has 0 aromatic heterocycles. The number of nitrogens with zero attached hydrogens (tertiary/aromatic N) is 1. The van der Waals surface area contributed by atoms with Crippen LogP contribution in [0.3, 0.4) is 0 Å². The summed E-state index contributed by atoms with van der Waals surface area (Å²) in [5.41, 5.74) is 1.16. The van der Waals surface area contributed by atoms with E-state index in [4.69, 9.17) is 5.11 Å². The highest BCUT2D eigenvalue weighted by atomic mass is 16.3. The first-order chi connectivity index (χ1) is 7.75. The molecule has 0 aliphatic carbocycles. The second-order valence-corrected chi connectivity index (χ2v) is 4.25. The van der Waals surface area contributed by atoms with E-state index in [0.717, 1.165) is 37.9 Å². The fourth-order valence-electron chi connectivity index (χ4n) is 2.02. The van der Waals surface area contributed by atoms with Crippen LogP contribution in [0.25, 0.3) is 0 Å². The van der Waals surface area contributed by atoms with Gasteiger partial charge >= 0.3 is 0 Å². The summed E-state index contributed by atoms with van der Waals surface area (Å²) in [6.07, 6.45) is 3.73. The zero-order chi connectivity index (χ0) is 11.4. The van der Waals surface area contributed by atoms with Gasteiger partial charge in [0, 0.05) is 19.5 Å². The summed E-state index contributed by atoms with van der Waals surface area (Å²) in [4.78, 5) is 13.5. The quantitative estimate of drug-likeness (QED) is 0.844. The topological polar surface area (TPSA) is 40.5 Å².